The number of carbonyl (C=O) groups is 1. The molecule has 1 aromatic carbocycles. The Bertz CT molecular complexity index is 492. The number of benzene rings is 1. The van der Waals surface area contributed by atoms with Crippen LogP contribution in [0.3, 0.4) is 0 Å². The zero-order valence-corrected chi connectivity index (χ0v) is 10.2. The summed E-state index contributed by atoms with van der Waals surface area (Å²) in [5, 5.41) is 8.83. The Kier molecular flexibility index (Phi) is 4.78. The second-order valence-electron chi connectivity index (χ2n) is 3.68. The summed E-state index contributed by atoms with van der Waals surface area (Å²) in [6.45, 7) is 1.71. The Morgan fingerprint density at radius 3 is 2.61 bits per heavy atom. The van der Waals surface area contributed by atoms with Crippen molar-refractivity contribution >= 4 is 5.97 Å². The SMILES string of the molecule is CCc1c(CC(=O)OC)ccc(C#N)c1C(F)F. The monoisotopic (exact) mass is 253 g/mol. The maximum Gasteiger partial charge on any atom is 0.309 e. The smallest absolute Gasteiger partial charge is 0.309 e. The van der Waals surface area contributed by atoms with Crippen LogP contribution >= 0.6 is 0 Å². The fraction of sp³-hybridized carbons (Fsp3) is 0.385. The molecule has 0 amide bonds. The van der Waals surface area contributed by atoms with Gasteiger partial charge < -0.3 is 4.74 Å². The van der Waals surface area contributed by atoms with Crippen molar-refractivity contribution in [1.82, 2.24) is 0 Å². The minimum Gasteiger partial charge on any atom is -0.469 e. The quantitative estimate of drug-likeness (QED) is 0.775. The first-order valence-corrected chi connectivity index (χ1v) is 5.44. The lowest BCUT2D eigenvalue weighted by molar-refractivity contribution is -0.139. The van der Waals surface area contributed by atoms with Gasteiger partial charge in [-0.05, 0) is 23.6 Å². The molecule has 0 spiro atoms. The van der Waals surface area contributed by atoms with E-state index in [0.717, 1.165) is 0 Å². The lowest BCUT2D eigenvalue weighted by atomic mass is 9.93. The van der Waals surface area contributed by atoms with E-state index in [1.165, 1.54) is 19.2 Å². The summed E-state index contributed by atoms with van der Waals surface area (Å²) >= 11 is 0. The van der Waals surface area contributed by atoms with Crippen LogP contribution in [0.1, 0.15) is 35.6 Å². The fourth-order valence-electron chi connectivity index (χ4n) is 1.87. The summed E-state index contributed by atoms with van der Waals surface area (Å²) in [4.78, 5) is 11.2. The Morgan fingerprint density at radius 1 is 1.50 bits per heavy atom. The van der Waals surface area contributed by atoms with E-state index in [0.29, 0.717) is 17.5 Å². The Balaban J connectivity index is 3.34. The molecule has 0 unspecified atom stereocenters. The molecule has 18 heavy (non-hydrogen) atoms. The highest BCUT2D eigenvalue weighted by molar-refractivity contribution is 5.73. The van der Waals surface area contributed by atoms with Crippen LogP contribution in [0.2, 0.25) is 0 Å². The van der Waals surface area contributed by atoms with E-state index in [1.807, 2.05) is 0 Å². The molecule has 0 aliphatic heterocycles. The lowest BCUT2D eigenvalue weighted by Crippen LogP contribution is -2.09. The van der Waals surface area contributed by atoms with Gasteiger partial charge >= 0.3 is 5.97 Å². The summed E-state index contributed by atoms with van der Waals surface area (Å²) in [5.74, 6) is -0.491. The summed E-state index contributed by atoms with van der Waals surface area (Å²) in [6, 6.07) is 4.60. The maximum atomic E-state index is 13.0. The van der Waals surface area contributed by atoms with Gasteiger partial charge in [0.1, 0.15) is 0 Å². The van der Waals surface area contributed by atoms with Gasteiger partial charge in [-0.3, -0.25) is 4.79 Å². The predicted molar refractivity (Wildman–Crippen MR) is 61.2 cm³/mol. The van der Waals surface area contributed by atoms with E-state index >= 15 is 0 Å². The molecule has 96 valence electrons. The van der Waals surface area contributed by atoms with Gasteiger partial charge in [0.15, 0.2) is 0 Å². The van der Waals surface area contributed by atoms with Crippen molar-refractivity contribution < 1.29 is 18.3 Å². The van der Waals surface area contributed by atoms with Gasteiger partial charge in [-0.1, -0.05) is 13.0 Å². The average molecular weight is 253 g/mol. The first-order valence-electron chi connectivity index (χ1n) is 5.44. The molecule has 3 nitrogen and oxygen atoms in total. The van der Waals surface area contributed by atoms with Crippen LogP contribution in [0, 0.1) is 11.3 Å². The number of hydrogen-bond donors (Lipinski definition) is 0. The summed E-state index contributed by atoms with van der Waals surface area (Å²) < 4.78 is 30.5. The van der Waals surface area contributed by atoms with Crippen molar-refractivity contribution in [3.05, 3.63) is 34.4 Å². The number of hydrogen-bond acceptors (Lipinski definition) is 3. The molecule has 1 rings (SSSR count). The highest BCUT2D eigenvalue weighted by atomic mass is 19.3. The first-order chi connectivity index (χ1) is 8.54. The van der Waals surface area contributed by atoms with E-state index < -0.39 is 12.4 Å². The number of alkyl halides is 2. The molecule has 0 atom stereocenters. The van der Waals surface area contributed by atoms with Crippen molar-refractivity contribution in [1.29, 1.82) is 5.26 Å². The van der Waals surface area contributed by atoms with E-state index in [1.54, 1.807) is 13.0 Å². The average Bonchev–Trinajstić information content (AvgIpc) is 2.37. The number of halogens is 2. The molecule has 0 bridgehead atoms. The third-order valence-corrected chi connectivity index (χ3v) is 2.71. The van der Waals surface area contributed by atoms with Gasteiger partial charge in [-0.25, -0.2) is 8.78 Å². The van der Waals surface area contributed by atoms with Crippen LogP contribution in [0.15, 0.2) is 12.1 Å². The van der Waals surface area contributed by atoms with Crippen molar-refractivity contribution in [2.24, 2.45) is 0 Å². The van der Waals surface area contributed by atoms with Gasteiger partial charge in [0.2, 0.25) is 0 Å². The largest absolute Gasteiger partial charge is 0.469 e. The van der Waals surface area contributed by atoms with Gasteiger partial charge in [0.25, 0.3) is 6.43 Å². The second kappa shape index (κ2) is 6.10. The number of nitriles is 1. The Labute approximate surface area is 104 Å². The number of rotatable bonds is 4. The highest BCUT2D eigenvalue weighted by Gasteiger charge is 2.20. The van der Waals surface area contributed by atoms with Crippen molar-refractivity contribution in [2.45, 2.75) is 26.2 Å². The topological polar surface area (TPSA) is 50.1 Å². The molecule has 0 fully saturated rings. The molecule has 5 heteroatoms. The molecule has 1 aromatic rings. The van der Waals surface area contributed by atoms with Crippen LogP contribution < -0.4 is 0 Å². The maximum absolute atomic E-state index is 13.0. The Hall–Kier alpha value is -1.96. The summed E-state index contributed by atoms with van der Waals surface area (Å²) in [6.07, 6.45) is -2.46. The highest BCUT2D eigenvalue weighted by Crippen LogP contribution is 2.29. The van der Waals surface area contributed by atoms with Crippen LogP contribution in [0.4, 0.5) is 8.78 Å². The second-order valence-corrected chi connectivity index (χ2v) is 3.68. The van der Waals surface area contributed by atoms with Crippen molar-refractivity contribution in [3.63, 3.8) is 0 Å². The molecule has 0 saturated carbocycles. The van der Waals surface area contributed by atoms with Gasteiger partial charge in [0, 0.05) is 5.56 Å². The summed E-state index contributed by atoms with van der Waals surface area (Å²) in [5.41, 5.74) is 0.518. The van der Waals surface area contributed by atoms with E-state index in [2.05, 4.69) is 4.74 Å². The molecule has 0 aromatic heterocycles. The molecule has 0 N–H and O–H groups in total. The van der Waals surface area contributed by atoms with E-state index in [9.17, 15) is 13.6 Å². The fourth-order valence-corrected chi connectivity index (χ4v) is 1.87. The van der Waals surface area contributed by atoms with Gasteiger partial charge in [-0.15, -0.1) is 0 Å². The van der Waals surface area contributed by atoms with Crippen molar-refractivity contribution in [3.8, 4) is 6.07 Å². The van der Waals surface area contributed by atoms with E-state index in [-0.39, 0.29) is 17.5 Å². The predicted octanol–water partition coefficient (Wildman–Crippen LogP) is 2.77. The molecule has 0 aliphatic rings. The third kappa shape index (κ3) is 2.83. The molecule has 0 radical (unpaired) electrons. The Morgan fingerprint density at radius 2 is 2.17 bits per heavy atom. The van der Waals surface area contributed by atoms with E-state index in [4.69, 9.17) is 5.26 Å². The number of carbonyl (C=O) groups excluding carboxylic acids is 1. The third-order valence-electron chi connectivity index (χ3n) is 2.71. The molecular formula is C13H13F2NO2. The lowest BCUT2D eigenvalue weighted by Gasteiger charge is -2.14. The van der Waals surface area contributed by atoms with Gasteiger partial charge in [-0.2, -0.15) is 5.26 Å². The first kappa shape index (κ1) is 14.1. The molecule has 0 saturated heterocycles. The van der Waals surface area contributed by atoms with Crippen LogP contribution in [-0.2, 0) is 22.4 Å². The minimum absolute atomic E-state index is 0.0459. The molecule has 0 aliphatic carbocycles. The number of ether oxygens (including phenoxy) is 1. The molecular weight excluding hydrogens is 240 g/mol. The van der Waals surface area contributed by atoms with Crippen LogP contribution in [0.25, 0.3) is 0 Å². The number of methoxy groups -OCH3 is 1. The van der Waals surface area contributed by atoms with Gasteiger partial charge in [0.05, 0.1) is 25.2 Å². The summed E-state index contributed by atoms with van der Waals surface area (Å²) in [7, 11) is 1.24. The minimum atomic E-state index is -2.73. The normalized spacial score (nSPS) is 10.2. The number of nitrogens with zero attached hydrogens (tertiary/aromatic N) is 1. The van der Waals surface area contributed by atoms with Crippen LogP contribution in [-0.4, -0.2) is 13.1 Å². The standard InChI is InChI=1S/C13H13F2NO2/c1-3-10-8(6-11(17)18-2)4-5-9(7-16)12(10)13(14)15/h4-5,13H,3,6H2,1-2H3. The number of esters is 1. The zero-order chi connectivity index (χ0) is 13.7. The molecule has 0 heterocycles. The van der Waals surface area contributed by atoms with Crippen molar-refractivity contribution in [2.75, 3.05) is 7.11 Å². The zero-order valence-electron chi connectivity index (χ0n) is 10.2. The van der Waals surface area contributed by atoms with Crippen LogP contribution in [0.5, 0.6) is 0 Å².